The average molecular weight is 314 g/mol. The van der Waals surface area contributed by atoms with Gasteiger partial charge in [-0.3, -0.25) is 4.68 Å². The van der Waals surface area contributed by atoms with Gasteiger partial charge in [-0.1, -0.05) is 0 Å². The normalized spacial score (nSPS) is 10.9. The van der Waals surface area contributed by atoms with Gasteiger partial charge in [-0.05, 0) is 38.1 Å². The Bertz CT molecular complexity index is 848. The Labute approximate surface area is 133 Å². The van der Waals surface area contributed by atoms with E-state index in [9.17, 15) is 4.79 Å². The van der Waals surface area contributed by atoms with Gasteiger partial charge in [0.05, 0.1) is 12.3 Å². The zero-order valence-corrected chi connectivity index (χ0v) is 13.3. The molecule has 0 amide bonds. The van der Waals surface area contributed by atoms with Crippen molar-refractivity contribution in [1.82, 2.24) is 9.78 Å². The smallest absolute Gasteiger partial charge is 0.342 e. The van der Waals surface area contributed by atoms with E-state index in [0.717, 1.165) is 5.69 Å². The molecule has 120 valence electrons. The Morgan fingerprint density at radius 2 is 2.17 bits per heavy atom. The lowest BCUT2D eigenvalue weighted by molar-refractivity contribution is 0.0526. The number of esters is 1. The molecule has 0 bridgehead atoms. The fraction of sp³-hybridized carbons (Fsp3) is 0.294. The van der Waals surface area contributed by atoms with Crippen LogP contribution in [-0.2, 0) is 18.4 Å². The zero-order chi connectivity index (χ0) is 16.4. The molecule has 2 heterocycles. The molecule has 0 saturated carbocycles. The van der Waals surface area contributed by atoms with Crippen molar-refractivity contribution in [2.75, 3.05) is 6.61 Å². The van der Waals surface area contributed by atoms with Gasteiger partial charge in [0.2, 0.25) is 0 Å². The summed E-state index contributed by atoms with van der Waals surface area (Å²) in [5, 5.41) is 4.80. The Morgan fingerprint density at radius 1 is 1.35 bits per heavy atom. The van der Waals surface area contributed by atoms with E-state index in [2.05, 4.69) is 5.10 Å². The predicted molar refractivity (Wildman–Crippen MR) is 84.4 cm³/mol. The van der Waals surface area contributed by atoms with Crippen LogP contribution in [0.25, 0.3) is 11.0 Å². The van der Waals surface area contributed by atoms with Crippen LogP contribution in [0, 0.1) is 6.92 Å². The molecule has 23 heavy (non-hydrogen) atoms. The molecule has 0 atom stereocenters. The zero-order valence-electron chi connectivity index (χ0n) is 13.3. The fourth-order valence-corrected chi connectivity index (χ4v) is 2.45. The first-order valence-electron chi connectivity index (χ1n) is 7.40. The number of fused-ring (bicyclic) bond motifs is 1. The van der Waals surface area contributed by atoms with E-state index in [1.165, 1.54) is 0 Å². The van der Waals surface area contributed by atoms with E-state index < -0.39 is 0 Å². The van der Waals surface area contributed by atoms with Crippen LogP contribution < -0.4 is 4.74 Å². The monoisotopic (exact) mass is 314 g/mol. The third-order valence-electron chi connectivity index (χ3n) is 3.62. The molecule has 0 radical (unpaired) electrons. The van der Waals surface area contributed by atoms with Crippen molar-refractivity contribution >= 4 is 16.9 Å². The molecule has 2 aromatic heterocycles. The number of benzene rings is 1. The van der Waals surface area contributed by atoms with Crippen LogP contribution in [0.3, 0.4) is 0 Å². The number of furan rings is 1. The first-order chi connectivity index (χ1) is 11.1. The van der Waals surface area contributed by atoms with Crippen molar-refractivity contribution < 1.29 is 18.7 Å². The molecule has 0 fully saturated rings. The molecule has 0 unspecified atom stereocenters. The minimum Gasteiger partial charge on any atom is -0.487 e. The van der Waals surface area contributed by atoms with E-state index >= 15 is 0 Å². The molecule has 3 aromatic rings. The topological polar surface area (TPSA) is 66.5 Å². The van der Waals surface area contributed by atoms with E-state index in [1.807, 2.05) is 19.2 Å². The van der Waals surface area contributed by atoms with Crippen molar-refractivity contribution in [3.8, 4) is 5.75 Å². The van der Waals surface area contributed by atoms with Crippen LogP contribution in [0.5, 0.6) is 5.75 Å². The van der Waals surface area contributed by atoms with Crippen LogP contribution in [0.2, 0.25) is 0 Å². The maximum absolute atomic E-state index is 12.1. The molecule has 0 aliphatic carbocycles. The Kier molecular flexibility index (Phi) is 4.06. The molecular weight excluding hydrogens is 296 g/mol. The third kappa shape index (κ3) is 2.92. The van der Waals surface area contributed by atoms with Gasteiger partial charge < -0.3 is 13.9 Å². The molecule has 6 heteroatoms. The number of hydrogen-bond donors (Lipinski definition) is 0. The average Bonchev–Trinajstić information content (AvgIpc) is 3.07. The van der Waals surface area contributed by atoms with Crippen LogP contribution in [0.4, 0.5) is 0 Å². The summed E-state index contributed by atoms with van der Waals surface area (Å²) in [6.07, 6.45) is 1.72. The minimum absolute atomic E-state index is 0.321. The second kappa shape index (κ2) is 6.16. The molecule has 0 saturated heterocycles. The lowest BCUT2D eigenvalue weighted by Gasteiger charge is -2.07. The van der Waals surface area contributed by atoms with Gasteiger partial charge >= 0.3 is 5.97 Å². The highest BCUT2D eigenvalue weighted by molar-refractivity contribution is 6.04. The molecular formula is C17H18N2O4. The van der Waals surface area contributed by atoms with E-state index in [-0.39, 0.29) is 5.97 Å². The van der Waals surface area contributed by atoms with Gasteiger partial charge in [0.1, 0.15) is 29.3 Å². The Balaban J connectivity index is 1.89. The number of carbonyl (C=O) groups is 1. The number of hydrogen-bond acceptors (Lipinski definition) is 5. The largest absolute Gasteiger partial charge is 0.487 e. The van der Waals surface area contributed by atoms with Crippen LogP contribution >= 0.6 is 0 Å². The van der Waals surface area contributed by atoms with Gasteiger partial charge in [0, 0.05) is 18.6 Å². The summed E-state index contributed by atoms with van der Waals surface area (Å²) >= 11 is 0. The van der Waals surface area contributed by atoms with Crippen molar-refractivity contribution in [3.63, 3.8) is 0 Å². The third-order valence-corrected chi connectivity index (χ3v) is 3.62. The summed E-state index contributed by atoms with van der Waals surface area (Å²) in [5.74, 6) is 0.819. The standard InChI is InChI=1S/C17H18N2O4/c1-4-21-17(20)16-11(2)23-15-6-5-13(9-14(15)16)22-10-12-7-8-18-19(12)3/h5-9H,4,10H2,1-3H3. The summed E-state index contributed by atoms with van der Waals surface area (Å²) in [4.78, 5) is 12.1. The fourth-order valence-electron chi connectivity index (χ4n) is 2.45. The summed E-state index contributed by atoms with van der Waals surface area (Å²) in [6.45, 7) is 4.25. The molecule has 6 nitrogen and oxygen atoms in total. The van der Waals surface area contributed by atoms with Gasteiger partial charge in [0.15, 0.2) is 0 Å². The molecule has 0 spiro atoms. The number of aromatic nitrogens is 2. The Hall–Kier alpha value is -2.76. The first-order valence-corrected chi connectivity index (χ1v) is 7.40. The summed E-state index contributed by atoms with van der Waals surface area (Å²) in [5.41, 5.74) is 2.05. The Morgan fingerprint density at radius 3 is 2.87 bits per heavy atom. The van der Waals surface area contributed by atoms with Crippen LogP contribution in [0.15, 0.2) is 34.9 Å². The molecule has 1 aromatic carbocycles. The SMILES string of the molecule is CCOC(=O)c1c(C)oc2ccc(OCc3ccnn3C)cc12. The molecule has 0 N–H and O–H groups in total. The van der Waals surface area contributed by atoms with Gasteiger partial charge in [-0.25, -0.2) is 4.79 Å². The molecule has 3 rings (SSSR count). The maximum atomic E-state index is 12.1. The highest BCUT2D eigenvalue weighted by atomic mass is 16.5. The van der Waals surface area contributed by atoms with Crippen molar-refractivity contribution in [2.45, 2.75) is 20.5 Å². The quantitative estimate of drug-likeness (QED) is 0.676. The molecule has 0 aliphatic rings. The van der Waals surface area contributed by atoms with E-state index in [1.54, 1.807) is 36.9 Å². The second-order valence-electron chi connectivity index (χ2n) is 5.15. The number of nitrogens with zero attached hydrogens (tertiary/aromatic N) is 2. The highest BCUT2D eigenvalue weighted by Crippen LogP contribution is 2.30. The van der Waals surface area contributed by atoms with E-state index in [4.69, 9.17) is 13.9 Å². The number of ether oxygens (including phenoxy) is 2. The second-order valence-corrected chi connectivity index (χ2v) is 5.15. The highest BCUT2D eigenvalue weighted by Gasteiger charge is 2.19. The van der Waals surface area contributed by atoms with Gasteiger partial charge in [-0.15, -0.1) is 0 Å². The van der Waals surface area contributed by atoms with Crippen molar-refractivity contribution in [3.05, 3.63) is 47.5 Å². The lowest BCUT2D eigenvalue weighted by Crippen LogP contribution is -2.05. The van der Waals surface area contributed by atoms with E-state index in [0.29, 0.717) is 41.3 Å². The lowest BCUT2D eigenvalue weighted by atomic mass is 10.1. The van der Waals surface area contributed by atoms with Crippen molar-refractivity contribution in [1.29, 1.82) is 0 Å². The summed E-state index contributed by atoms with van der Waals surface area (Å²) in [7, 11) is 1.86. The van der Waals surface area contributed by atoms with Gasteiger partial charge in [-0.2, -0.15) is 5.10 Å². The number of carbonyl (C=O) groups excluding carboxylic acids is 1. The van der Waals surface area contributed by atoms with Crippen molar-refractivity contribution in [2.24, 2.45) is 7.05 Å². The summed E-state index contributed by atoms with van der Waals surface area (Å²) < 4.78 is 18.3. The first kappa shape index (κ1) is 15.1. The maximum Gasteiger partial charge on any atom is 0.342 e. The van der Waals surface area contributed by atoms with Gasteiger partial charge in [0.25, 0.3) is 0 Å². The molecule has 0 aliphatic heterocycles. The number of rotatable bonds is 5. The van der Waals surface area contributed by atoms with Crippen LogP contribution in [0.1, 0.15) is 28.7 Å². The minimum atomic E-state index is -0.382. The number of aryl methyl sites for hydroxylation is 2. The predicted octanol–water partition coefficient (Wildman–Crippen LogP) is 3.23. The van der Waals surface area contributed by atoms with Crippen LogP contribution in [-0.4, -0.2) is 22.4 Å². The summed E-state index contributed by atoms with van der Waals surface area (Å²) in [6, 6.07) is 7.30.